The van der Waals surface area contributed by atoms with Crippen LogP contribution < -0.4 is 5.73 Å². The molecule has 0 aromatic carbocycles. The molecule has 0 fully saturated rings. The molecule has 2 nitrogen and oxygen atoms in total. The molecule has 0 aliphatic heterocycles. The second-order valence-corrected chi connectivity index (χ2v) is 3.68. The molecule has 0 saturated carbocycles. The maximum Gasteiger partial charge on any atom is 0.401 e. The average Bonchev–Trinajstić information content (AvgIpc) is 2.02. The normalized spacial score (nSPS) is 15.2. The van der Waals surface area contributed by atoms with Crippen molar-refractivity contribution in [1.29, 1.82) is 0 Å². The van der Waals surface area contributed by atoms with E-state index in [1.54, 1.807) is 13.8 Å². The van der Waals surface area contributed by atoms with E-state index in [0.29, 0.717) is 6.42 Å². The Morgan fingerprint density at radius 1 is 1.29 bits per heavy atom. The van der Waals surface area contributed by atoms with Gasteiger partial charge in [-0.25, -0.2) is 0 Å². The first-order chi connectivity index (χ1) is 6.31. The van der Waals surface area contributed by atoms with Gasteiger partial charge in [0.25, 0.3) is 0 Å². The molecule has 0 aromatic rings. The van der Waals surface area contributed by atoms with Gasteiger partial charge in [0.2, 0.25) is 0 Å². The minimum Gasteiger partial charge on any atom is -0.329 e. The van der Waals surface area contributed by atoms with Gasteiger partial charge in [0.1, 0.15) is 0 Å². The van der Waals surface area contributed by atoms with Gasteiger partial charge in [0.05, 0.1) is 6.54 Å². The van der Waals surface area contributed by atoms with Crippen LogP contribution in [0.4, 0.5) is 13.2 Å². The fraction of sp³-hybridized carbons (Fsp3) is 1.00. The number of hydrogen-bond acceptors (Lipinski definition) is 2. The van der Waals surface area contributed by atoms with Gasteiger partial charge in [-0.15, -0.1) is 0 Å². The fourth-order valence-corrected chi connectivity index (χ4v) is 1.48. The zero-order valence-electron chi connectivity index (χ0n) is 8.93. The largest absolute Gasteiger partial charge is 0.401 e. The molecule has 0 bridgehead atoms. The highest BCUT2D eigenvalue weighted by Crippen LogP contribution is 2.20. The van der Waals surface area contributed by atoms with Crippen LogP contribution in [-0.2, 0) is 0 Å². The fourth-order valence-electron chi connectivity index (χ4n) is 1.48. The Labute approximate surface area is 83.3 Å². The summed E-state index contributed by atoms with van der Waals surface area (Å²) >= 11 is 0. The van der Waals surface area contributed by atoms with Crippen LogP contribution in [0, 0.1) is 0 Å². The molecule has 86 valence electrons. The van der Waals surface area contributed by atoms with Crippen molar-refractivity contribution in [3.05, 3.63) is 0 Å². The number of nitrogens with zero attached hydrogens (tertiary/aromatic N) is 1. The Hall–Kier alpha value is -0.290. The lowest BCUT2D eigenvalue weighted by Gasteiger charge is -2.34. The van der Waals surface area contributed by atoms with Crippen LogP contribution in [0.15, 0.2) is 0 Å². The quantitative estimate of drug-likeness (QED) is 0.755. The summed E-state index contributed by atoms with van der Waals surface area (Å²) in [5.74, 6) is 0. The Balaban J connectivity index is 4.43. The Bertz CT molecular complexity index is 153. The molecule has 0 rings (SSSR count). The van der Waals surface area contributed by atoms with Crippen LogP contribution in [0.2, 0.25) is 0 Å². The summed E-state index contributed by atoms with van der Waals surface area (Å²) in [4.78, 5) is 1.40. The van der Waals surface area contributed by atoms with E-state index in [-0.39, 0.29) is 18.6 Å². The predicted molar refractivity (Wildman–Crippen MR) is 51.0 cm³/mol. The molecule has 0 spiro atoms. The molecule has 0 saturated heterocycles. The third kappa shape index (κ3) is 4.81. The van der Waals surface area contributed by atoms with E-state index in [0.717, 1.165) is 0 Å². The highest BCUT2D eigenvalue weighted by molar-refractivity contribution is 4.76. The van der Waals surface area contributed by atoms with Crippen LogP contribution in [0.25, 0.3) is 0 Å². The van der Waals surface area contributed by atoms with Crippen LogP contribution in [0.3, 0.4) is 0 Å². The van der Waals surface area contributed by atoms with Crippen LogP contribution in [0.5, 0.6) is 0 Å². The number of nitrogens with two attached hydrogens (primary N) is 1. The lowest BCUT2D eigenvalue weighted by molar-refractivity contribution is -0.154. The van der Waals surface area contributed by atoms with E-state index in [2.05, 4.69) is 0 Å². The highest BCUT2D eigenvalue weighted by Gasteiger charge is 2.34. The predicted octanol–water partition coefficient (Wildman–Crippen LogP) is 2.00. The third-order valence-electron chi connectivity index (χ3n) is 2.24. The van der Waals surface area contributed by atoms with Crippen molar-refractivity contribution in [2.75, 3.05) is 13.1 Å². The Morgan fingerprint density at radius 2 is 1.79 bits per heavy atom. The molecule has 0 heterocycles. The van der Waals surface area contributed by atoms with E-state index in [9.17, 15) is 13.2 Å². The van der Waals surface area contributed by atoms with Crippen molar-refractivity contribution in [3.63, 3.8) is 0 Å². The molecule has 0 aromatic heterocycles. The van der Waals surface area contributed by atoms with E-state index < -0.39 is 12.7 Å². The summed E-state index contributed by atoms with van der Waals surface area (Å²) in [5, 5.41) is 0. The molecule has 1 unspecified atom stereocenters. The second-order valence-electron chi connectivity index (χ2n) is 3.68. The van der Waals surface area contributed by atoms with Crippen molar-refractivity contribution >= 4 is 0 Å². The smallest absolute Gasteiger partial charge is 0.329 e. The molecule has 0 aliphatic carbocycles. The van der Waals surface area contributed by atoms with Crippen molar-refractivity contribution in [3.8, 4) is 0 Å². The summed E-state index contributed by atoms with van der Waals surface area (Å²) in [7, 11) is 0. The zero-order chi connectivity index (χ0) is 11.4. The molecular formula is C9H19F3N2. The van der Waals surface area contributed by atoms with Gasteiger partial charge in [-0.1, -0.05) is 6.92 Å². The summed E-state index contributed by atoms with van der Waals surface area (Å²) in [5.41, 5.74) is 5.43. The summed E-state index contributed by atoms with van der Waals surface area (Å²) < 4.78 is 36.6. The molecule has 2 N–H and O–H groups in total. The highest BCUT2D eigenvalue weighted by atomic mass is 19.4. The lowest BCUT2D eigenvalue weighted by Crippen LogP contribution is -2.48. The number of halogens is 3. The summed E-state index contributed by atoms with van der Waals surface area (Å²) in [6, 6.07) is -0.318. The first-order valence-corrected chi connectivity index (χ1v) is 4.84. The zero-order valence-corrected chi connectivity index (χ0v) is 8.93. The molecule has 1 atom stereocenters. The Morgan fingerprint density at radius 3 is 2.00 bits per heavy atom. The third-order valence-corrected chi connectivity index (χ3v) is 2.24. The maximum atomic E-state index is 12.2. The number of alkyl halides is 3. The van der Waals surface area contributed by atoms with E-state index in [1.807, 2.05) is 6.92 Å². The van der Waals surface area contributed by atoms with Crippen LogP contribution >= 0.6 is 0 Å². The van der Waals surface area contributed by atoms with Gasteiger partial charge >= 0.3 is 6.18 Å². The molecule has 5 heteroatoms. The van der Waals surface area contributed by atoms with Gasteiger partial charge in [-0.05, 0) is 20.3 Å². The van der Waals surface area contributed by atoms with Gasteiger partial charge in [-0.2, -0.15) is 13.2 Å². The second kappa shape index (κ2) is 5.56. The maximum absolute atomic E-state index is 12.2. The molecule has 14 heavy (non-hydrogen) atoms. The van der Waals surface area contributed by atoms with Gasteiger partial charge < -0.3 is 5.73 Å². The van der Waals surface area contributed by atoms with Crippen LogP contribution in [0.1, 0.15) is 27.2 Å². The molecular weight excluding hydrogens is 193 g/mol. The van der Waals surface area contributed by atoms with Crippen molar-refractivity contribution < 1.29 is 13.2 Å². The SMILES string of the molecule is CCC(CN)N(CC(F)(F)F)C(C)C. The Kier molecular flexibility index (Phi) is 5.44. The van der Waals surface area contributed by atoms with E-state index >= 15 is 0 Å². The van der Waals surface area contributed by atoms with E-state index in [1.165, 1.54) is 4.90 Å². The van der Waals surface area contributed by atoms with Gasteiger partial charge in [0.15, 0.2) is 0 Å². The topological polar surface area (TPSA) is 29.3 Å². The van der Waals surface area contributed by atoms with Crippen LogP contribution in [-0.4, -0.2) is 36.2 Å². The van der Waals surface area contributed by atoms with Gasteiger partial charge in [0, 0.05) is 18.6 Å². The average molecular weight is 212 g/mol. The minimum absolute atomic E-state index is 0.134. The lowest BCUT2D eigenvalue weighted by atomic mass is 10.1. The van der Waals surface area contributed by atoms with Crippen molar-refractivity contribution in [2.45, 2.75) is 45.5 Å². The summed E-state index contributed by atoms with van der Waals surface area (Å²) in [6.45, 7) is 4.75. The molecule has 0 aliphatic rings. The number of rotatable bonds is 5. The summed E-state index contributed by atoms with van der Waals surface area (Å²) in [6.07, 6.45) is -3.50. The monoisotopic (exact) mass is 212 g/mol. The van der Waals surface area contributed by atoms with Crippen molar-refractivity contribution in [2.24, 2.45) is 5.73 Å². The van der Waals surface area contributed by atoms with Crippen molar-refractivity contribution in [1.82, 2.24) is 4.90 Å². The standard InChI is InChI=1S/C9H19F3N2/c1-4-8(5-13)14(7(2)3)6-9(10,11)12/h7-8H,4-6,13H2,1-3H3. The first-order valence-electron chi connectivity index (χ1n) is 4.84. The minimum atomic E-state index is -4.15. The number of hydrogen-bond donors (Lipinski definition) is 1. The molecule has 0 amide bonds. The van der Waals surface area contributed by atoms with Gasteiger partial charge in [-0.3, -0.25) is 4.90 Å². The molecule has 0 radical (unpaired) electrons. The van der Waals surface area contributed by atoms with E-state index in [4.69, 9.17) is 5.73 Å². The first kappa shape index (κ1) is 13.7.